The summed E-state index contributed by atoms with van der Waals surface area (Å²) in [5.74, 6) is -1.15. The summed E-state index contributed by atoms with van der Waals surface area (Å²) in [5, 5.41) is 2.16. The van der Waals surface area contributed by atoms with Crippen LogP contribution in [0.25, 0.3) is 0 Å². The first-order chi connectivity index (χ1) is 12.1. The fourth-order valence-corrected chi connectivity index (χ4v) is 2.16. The van der Waals surface area contributed by atoms with Gasteiger partial charge >= 0.3 is 12.8 Å². The highest BCUT2D eigenvalue weighted by molar-refractivity contribution is 6.05. The zero-order chi connectivity index (χ0) is 19.5. The molecule has 2 aromatic rings. The average Bonchev–Trinajstić information content (AvgIpc) is 2.53. The van der Waals surface area contributed by atoms with Crippen molar-refractivity contribution in [1.82, 2.24) is 0 Å². The van der Waals surface area contributed by atoms with Gasteiger partial charge in [0.25, 0.3) is 5.91 Å². The lowest BCUT2D eigenvalue weighted by Crippen LogP contribution is -2.18. The third kappa shape index (κ3) is 4.84. The fraction of sp³-hybridized carbons (Fsp3) is 0.235. The van der Waals surface area contributed by atoms with Gasteiger partial charge in [0.15, 0.2) is 0 Å². The Balaban J connectivity index is 2.31. The first-order valence-corrected chi connectivity index (χ1v) is 7.32. The zero-order valence-corrected chi connectivity index (χ0v) is 13.8. The van der Waals surface area contributed by atoms with Crippen LogP contribution in [0.3, 0.4) is 0 Å². The van der Waals surface area contributed by atoms with Crippen molar-refractivity contribution in [3.63, 3.8) is 0 Å². The largest absolute Gasteiger partial charge is 0.435 e. The minimum Gasteiger partial charge on any atom is -0.435 e. The van der Waals surface area contributed by atoms with Gasteiger partial charge in [-0.15, -0.1) is 0 Å². The number of nitrogens with one attached hydrogen (secondary N) is 1. The van der Waals surface area contributed by atoms with Gasteiger partial charge in [0.05, 0.1) is 11.3 Å². The molecule has 1 N–H and O–H groups in total. The maximum absolute atomic E-state index is 13.3. The van der Waals surface area contributed by atoms with E-state index in [9.17, 15) is 26.7 Å². The number of benzene rings is 2. The Bertz CT molecular complexity index is 791. The third-order valence-electron chi connectivity index (χ3n) is 3.39. The summed E-state index contributed by atoms with van der Waals surface area (Å²) in [6, 6.07) is 8.24. The molecule has 0 saturated heterocycles. The molecule has 0 spiro atoms. The van der Waals surface area contributed by atoms with Gasteiger partial charge in [-0.2, -0.15) is 22.0 Å². The summed E-state index contributed by atoms with van der Waals surface area (Å²) in [6.07, 6.45) is -4.69. The van der Waals surface area contributed by atoms with Gasteiger partial charge in [-0.1, -0.05) is 6.07 Å². The first kappa shape index (κ1) is 19.5. The number of carbonyl (C=O) groups excluding carboxylic acids is 1. The maximum Gasteiger partial charge on any atom is 0.418 e. The van der Waals surface area contributed by atoms with Gasteiger partial charge in [-0.05, 0) is 36.4 Å². The minimum atomic E-state index is -4.69. The highest BCUT2D eigenvalue weighted by atomic mass is 19.4. The number of alkyl halides is 5. The molecule has 0 bridgehead atoms. The molecule has 0 unspecified atom stereocenters. The normalized spacial score (nSPS) is 11.4. The van der Waals surface area contributed by atoms with Crippen LogP contribution in [0.4, 0.5) is 33.3 Å². The SMILES string of the molecule is CN(C)c1ccc(NC(=O)c2cccc(OC(F)F)c2)c(C(F)(F)F)c1. The van der Waals surface area contributed by atoms with Crippen molar-refractivity contribution in [2.24, 2.45) is 0 Å². The monoisotopic (exact) mass is 374 g/mol. The molecule has 2 aromatic carbocycles. The van der Waals surface area contributed by atoms with E-state index in [1.807, 2.05) is 0 Å². The van der Waals surface area contributed by atoms with Gasteiger partial charge in [-0.3, -0.25) is 4.79 Å². The second-order valence-corrected chi connectivity index (χ2v) is 5.48. The minimum absolute atomic E-state index is 0.118. The Labute approximate surface area is 146 Å². The molecule has 9 heteroatoms. The van der Waals surface area contributed by atoms with Crippen molar-refractivity contribution in [2.75, 3.05) is 24.3 Å². The van der Waals surface area contributed by atoms with Crippen LogP contribution in [-0.4, -0.2) is 26.6 Å². The van der Waals surface area contributed by atoms with Crippen molar-refractivity contribution < 1.29 is 31.5 Å². The highest BCUT2D eigenvalue weighted by Crippen LogP contribution is 2.37. The molecule has 0 aliphatic carbocycles. The number of amides is 1. The molecule has 0 radical (unpaired) electrons. The summed E-state index contributed by atoms with van der Waals surface area (Å²) in [6.45, 7) is -3.08. The van der Waals surface area contributed by atoms with Gasteiger partial charge in [0, 0.05) is 25.3 Å². The predicted octanol–water partition coefficient (Wildman–Crippen LogP) is 4.63. The summed E-state index contributed by atoms with van der Waals surface area (Å²) in [4.78, 5) is 13.7. The number of rotatable bonds is 5. The summed E-state index contributed by atoms with van der Waals surface area (Å²) in [7, 11) is 3.17. The van der Waals surface area contributed by atoms with Crippen LogP contribution in [0.2, 0.25) is 0 Å². The first-order valence-electron chi connectivity index (χ1n) is 7.32. The number of anilines is 2. The lowest BCUT2D eigenvalue weighted by Gasteiger charge is -2.19. The smallest absolute Gasteiger partial charge is 0.418 e. The molecule has 1 amide bonds. The molecule has 4 nitrogen and oxygen atoms in total. The van der Waals surface area contributed by atoms with Crippen molar-refractivity contribution in [3.05, 3.63) is 53.6 Å². The highest BCUT2D eigenvalue weighted by Gasteiger charge is 2.34. The lowest BCUT2D eigenvalue weighted by molar-refractivity contribution is -0.136. The Kier molecular flexibility index (Phi) is 5.69. The quantitative estimate of drug-likeness (QED) is 0.777. The van der Waals surface area contributed by atoms with Gasteiger partial charge < -0.3 is 15.0 Å². The van der Waals surface area contributed by atoms with Crippen LogP contribution in [-0.2, 0) is 6.18 Å². The Hall–Kier alpha value is -2.84. The summed E-state index contributed by atoms with van der Waals surface area (Å²) in [5.41, 5.74) is -1.26. The van der Waals surface area contributed by atoms with E-state index in [1.165, 1.54) is 29.2 Å². The second-order valence-electron chi connectivity index (χ2n) is 5.48. The molecule has 0 aromatic heterocycles. The van der Waals surface area contributed by atoms with E-state index in [1.54, 1.807) is 14.1 Å². The van der Waals surface area contributed by atoms with Gasteiger partial charge in [0.2, 0.25) is 0 Å². The van der Waals surface area contributed by atoms with Crippen LogP contribution >= 0.6 is 0 Å². The van der Waals surface area contributed by atoms with Crippen LogP contribution in [0, 0.1) is 0 Å². The second kappa shape index (κ2) is 7.59. The van der Waals surface area contributed by atoms with Crippen LogP contribution in [0.15, 0.2) is 42.5 Å². The average molecular weight is 374 g/mol. The Morgan fingerprint density at radius 3 is 2.38 bits per heavy atom. The molecule has 0 heterocycles. The van der Waals surface area contributed by atoms with E-state index in [0.717, 1.165) is 18.2 Å². The van der Waals surface area contributed by atoms with Crippen LogP contribution in [0.5, 0.6) is 5.75 Å². The van der Waals surface area contributed by atoms with E-state index >= 15 is 0 Å². The van der Waals surface area contributed by atoms with E-state index < -0.39 is 29.9 Å². The van der Waals surface area contributed by atoms with E-state index in [4.69, 9.17) is 0 Å². The molecule has 0 fully saturated rings. The molecular weight excluding hydrogens is 359 g/mol. The number of ether oxygens (including phenoxy) is 1. The van der Waals surface area contributed by atoms with Gasteiger partial charge in [-0.25, -0.2) is 0 Å². The van der Waals surface area contributed by atoms with Crippen LogP contribution < -0.4 is 15.0 Å². The molecule has 0 aliphatic rings. The number of hydrogen-bond acceptors (Lipinski definition) is 3. The topological polar surface area (TPSA) is 41.6 Å². The summed E-state index contributed by atoms with van der Waals surface area (Å²) >= 11 is 0. The van der Waals surface area contributed by atoms with E-state index in [2.05, 4.69) is 10.1 Å². The maximum atomic E-state index is 13.3. The lowest BCUT2D eigenvalue weighted by atomic mass is 10.1. The number of halogens is 5. The number of hydrogen-bond donors (Lipinski definition) is 1. The van der Waals surface area contributed by atoms with Crippen molar-refractivity contribution in [3.8, 4) is 5.75 Å². The zero-order valence-electron chi connectivity index (χ0n) is 13.8. The molecule has 0 aliphatic heterocycles. The van der Waals surface area contributed by atoms with E-state index in [-0.39, 0.29) is 11.3 Å². The van der Waals surface area contributed by atoms with Crippen molar-refractivity contribution >= 4 is 17.3 Å². The molecule has 2 rings (SSSR count). The molecule has 140 valence electrons. The van der Waals surface area contributed by atoms with Gasteiger partial charge in [0.1, 0.15) is 5.75 Å². The van der Waals surface area contributed by atoms with E-state index in [0.29, 0.717) is 5.69 Å². The molecule has 26 heavy (non-hydrogen) atoms. The Morgan fingerprint density at radius 1 is 1.12 bits per heavy atom. The molecular formula is C17H15F5N2O2. The van der Waals surface area contributed by atoms with Crippen LogP contribution in [0.1, 0.15) is 15.9 Å². The number of nitrogens with zero attached hydrogens (tertiary/aromatic N) is 1. The van der Waals surface area contributed by atoms with Crippen molar-refractivity contribution in [2.45, 2.75) is 12.8 Å². The fourth-order valence-electron chi connectivity index (χ4n) is 2.16. The summed E-state index contributed by atoms with van der Waals surface area (Å²) < 4.78 is 68.5. The predicted molar refractivity (Wildman–Crippen MR) is 86.8 cm³/mol. The molecule has 0 saturated carbocycles. The number of carbonyl (C=O) groups is 1. The standard InChI is InChI=1S/C17H15F5N2O2/c1-24(2)11-6-7-14(13(9-11)17(20,21)22)23-15(25)10-4-3-5-12(8-10)26-16(18)19/h3-9,16H,1-2H3,(H,23,25). The van der Waals surface area contributed by atoms with Crippen molar-refractivity contribution in [1.29, 1.82) is 0 Å². The Morgan fingerprint density at radius 2 is 1.81 bits per heavy atom. The third-order valence-corrected chi connectivity index (χ3v) is 3.39. The molecule has 0 atom stereocenters.